The van der Waals surface area contributed by atoms with Crippen molar-refractivity contribution in [2.75, 3.05) is 24.7 Å². The molecule has 2 aliphatic rings. The summed E-state index contributed by atoms with van der Waals surface area (Å²) in [5, 5.41) is 6.89. The summed E-state index contributed by atoms with van der Waals surface area (Å²) in [5.74, 6) is 3.31. The quantitative estimate of drug-likeness (QED) is 0.917. The summed E-state index contributed by atoms with van der Waals surface area (Å²) in [6.45, 7) is 4.12. The molecule has 110 valence electrons. The first-order valence-corrected chi connectivity index (χ1v) is 7.36. The highest BCUT2D eigenvalue weighted by Gasteiger charge is 2.31. The molecule has 2 aromatic heterocycles. The molecule has 1 aliphatic heterocycles. The van der Waals surface area contributed by atoms with Gasteiger partial charge in [0.1, 0.15) is 29.8 Å². The number of ether oxygens (including phenoxy) is 1. The van der Waals surface area contributed by atoms with Crippen LogP contribution in [0.4, 0.5) is 5.82 Å². The normalized spacial score (nSPS) is 22.5. The van der Waals surface area contributed by atoms with E-state index in [-0.39, 0.29) is 6.04 Å². The van der Waals surface area contributed by atoms with Crippen LogP contribution >= 0.6 is 0 Å². The van der Waals surface area contributed by atoms with Gasteiger partial charge in [-0.25, -0.2) is 15.0 Å². The summed E-state index contributed by atoms with van der Waals surface area (Å²) in [6, 6.07) is 2.07. The van der Waals surface area contributed by atoms with E-state index in [1.165, 1.54) is 19.2 Å². The Bertz CT molecular complexity index is 624. The topological polar surface area (TPSA) is 79.8 Å². The number of anilines is 1. The van der Waals surface area contributed by atoms with Crippen LogP contribution in [0.1, 0.15) is 42.1 Å². The second-order valence-corrected chi connectivity index (χ2v) is 5.65. The predicted octanol–water partition coefficient (Wildman–Crippen LogP) is 1.36. The molecule has 1 N–H and O–H groups in total. The van der Waals surface area contributed by atoms with Crippen LogP contribution in [0.3, 0.4) is 0 Å². The number of hydrogen-bond donors (Lipinski definition) is 1. The van der Waals surface area contributed by atoms with Crippen molar-refractivity contribution >= 4 is 5.82 Å². The van der Waals surface area contributed by atoms with Gasteiger partial charge < -0.3 is 9.64 Å². The fraction of sp³-hybridized carbons (Fsp3) is 0.571. The molecular weight excluding hydrogens is 268 g/mol. The summed E-state index contributed by atoms with van der Waals surface area (Å²) in [5.41, 5.74) is 1.02. The maximum absolute atomic E-state index is 5.61. The average Bonchev–Trinajstić information content (AvgIpc) is 3.22. The van der Waals surface area contributed by atoms with Crippen LogP contribution in [0.5, 0.6) is 0 Å². The molecule has 0 amide bonds. The van der Waals surface area contributed by atoms with Crippen molar-refractivity contribution < 1.29 is 4.74 Å². The number of aryl methyl sites for hydroxylation is 1. The lowest BCUT2D eigenvalue weighted by atomic mass is 10.2. The summed E-state index contributed by atoms with van der Waals surface area (Å²) < 4.78 is 5.61. The highest BCUT2D eigenvalue weighted by molar-refractivity contribution is 5.43. The van der Waals surface area contributed by atoms with Crippen LogP contribution in [0.15, 0.2) is 12.4 Å². The minimum Gasteiger partial charge on any atom is -0.377 e. The number of H-pyrrole nitrogens is 1. The molecule has 1 saturated heterocycles. The van der Waals surface area contributed by atoms with Gasteiger partial charge in [-0.2, -0.15) is 5.10 Å². The molecule has 7 nitrogen and oxygen atoms in total. The molecule has 1 saturated carbocycles. The van der Waals surface area contributed by atoms with E-state index in [4.69, 9.17) is 9.72 Å². The van der Waals surface area contributed by atoms with Crippen molar-refractivity contribution in [2.45, 2.75) is 31.7 Å². The Morgan fingerprint density at radius 3 is 3.00 bits per heavy atom. The van der Waals surface area contributed by atoms with Gasteiger partial charge in [0.2, 0.25) is 0 Å². The molecular formula is C14H18N6O. The number of nitrogens with zero attached hydrogens (tertiary/aromatic N) is 5. The highest BCUT2D eigenvalue weighted by atomic mass is 16.5. The molecule has 7 heteroatoms. The average molecular weight is 286 g/mol. The van der Waals surface area contributed by atoms with Crippen LogP contribution in [0.2, 0.25) is 0 Å². The summed E-state index contributed by atoms with van der Waals surface area (Å²) in [7, 11) is 0. The molecule has 0 radical (unpaired) electrons. The molecule has 1 aliphatic carbocycles. The largest absolute Gasteiger partial charge is 0.377 e. The van der Waals surface area contributed by atoms with Crippen molar-refractivity contribution in [1.82, 2.24) is 25.1 Å². The molecule has 1 atom stereocenters. The van der Waals surface area contributed by atoms with Gasteiger partial charge in [0.05, 0.1) is 13.2 Å². The Balaban J connectivity index is 1.69. The Kier molecular flexibility index (Phi) is 3.07. The number of aromatic amines is 1. The fourth-order valence-electron chi connectivity index (χ4n) is 2.73. The van der Waals surface area contributed by atoms with E-state index in [1.54, 1.807) is 0 Å². The second-order valence-electron chi connectivity index (χ2n) is 5.65. The number of nitrogens with one attached hydrogen (secondary N) is 1. The number of rotatable bonds is 3. The van der Waals surface area contributed by atoms with Crippen LogP contribution in [-0.4, -0.2) is 44.9 Å². The third kappa shape index (κ3) is 2.49. The van der Waals surface area contributed by atoms with Crippen LogP contribution < -0.4 is 4.90 Å². The Hall–Kier alpha value is -2.02. The number of hydrogen-bond acceptors (Lipinski definition) is 6. The van der Waals surface area contributed by atoms with E-state index in [0.29, 0.717) is 19.1 Å². The summed E-state index contributed by atoms with van der Waals surface area (Å²) >= 11 is 0. The van der Waals surface area contributed by atoms with Gasteiger partial charge >= 0.3 is 0 Å². The first-order valence-electron chi connectivity index (χ1n) is 7.36. The van der Waals surface area contributed by atoms with Crippen molar-refractivity contribution in [3.05, 3.63) is 29.7 Å². The molecule has 0 bridgehead atoms. The minimum atomic E-state index is 0.0302. The number of morpholine rings is 1. The van der Waals surface area contributed by atoms with E-state index >= 15 is 0 Å². The van der Waals surface area contributed by atoms with Gasteiger partial charge in [-0.05, 0) is 19.8 Å². The Morgan fingerprint density at radius 2 is 2.24 bits per heavy atom. The third-order valence-corrected chi connectivity index (χ3v) is 3.97. The van der Waals surface area contributed by atoms with Crippen LogP contribution in [0, 0.1) is 6.92 Å². The molecule has 0 aromatic carbocycles. The van der Waals surface area contributed by atoms with Gasteiger partial charge in [-0.1, -0.05) is 0 Å². The summed E-state index contributed by atoms with van der Waals surface area (Å²) in [6.07, 6.45) is 3.94. The van der Waals surface area contributed by atoms with Crippen molar-refractivity contribution in [1.29, 1.82) is 0 Å². The molecule has 2 aromatic rings. The van der Waals surface area contributed by atoms with E-state index < -0.39 is 0 Å². The SMILES string of the molecule is Cc1cc(N2CCOCC2c2ncn[nH]2)nc(C2CC2)n1. The summed E-state index contributed by atoms with van der Waals surface area (Å²) in [4.78, 5) is 15.9. The molecule has 3 heterocycles. The van der Waals surface area contributed by atoms with E-state index in [1.807, 2.05) is 13.0 Å². The van der Waals surface area contributed by atoms with Gasteiger partial charge in [0.25, 0.3) is 0 Å². The van der Waals surface area contributed by atoms with Gasteiger partial charge in [0, 0.05) is 24.2 Å². The molecule has 1 unspecified atom stereocenters. The Morgan fingerprint density at radius 1 is 1.33 bits per heavy atom. The zero-order valence-corrected chi connectivity index (χ0v) is 12.0. The fourth-order valence-corrected chi connectivity index (χ4v) is 2.73. The van der Waals surface area contributed by atoms with Crippen LogP contribution in [0.25, 0.3) is 0 Å². The third-order valence-electron chi connectivity index (χ3n) is 3.97. The first kappa shape index (κ1) is 12.7. The molecule has 2 fully saturated rings. The van der Waals surface area contributed by atoms with Crippen molar-refractivity contribution in [3.8, 4) is 0 Å². The van der Waals surface area contributed by atoms with Gasteiger partial charge in [-0.3, -0.25) is 5.10 Å². The molecule has 21 heavy (non-hydrogen) atoms. The predicted molar refractivity (Wildman–Crippen MR) is 76.0 cm³/mol. The maximum Gasteiger partial charge on any atom is 0.149 e. The van der Waals surface area contributed by atoms with Crippen molar-refractivity contribution in [3.63, 3.8) is 0 Å². The van der Waals surface area contributed by atoms with E-state index in [0.717, 1.165) is 29.7 Å². The van der Waals surface area contributed by atoms with Gasteiger partial charge in [0.15, 0.2) is 0 Å². The van der Waals surface area contributed by atoms with Crippen LogP contribution in [-0.2, 0) is 4.74 Å². The highest BCUT2D eigenvalue weighted by Crippen LogP contribution is 2.39. The standard InChI is InChI=1S/C14H18N6O/c1-9-6-12(18-13(17-9)10-2-3-10)20-4-5-21-7-11(20)14-15-8-16-19-14/h6,8,10-11H,2-5,7H2,1H3,(H,15,16,19). The lowest BCUT2D eigenvalue weighted by Crippen LogP contribution is -2.40. The zero-order chi connectivity index (χ0) is 14.2. The van der Waals surface area contributed by atoms with Crippen molar-refractivity contribution in [2.24, 2.45) is 0 Å². The van der Waals surface area contributed by atoms with Gasteiger partial charge in [-0.15, -0.1) is 0 Å². The lowest BCUT2D eigenvalue weighted by Gasteiger charge is -2.35. The first-order chi connectivity index (χ1) is 10.3. The smallest absolute Gasteiger partial charge is 0.149 e. The van der Waals surface area contributed by atoms with E-state index in [9.17, 15) is 0 Å². The Labute approximate surface area is 122 Å². The molecule has 4 rings (SSSR count). The zero-order valence-electron chi connectivity index (χ0n) is 12.0. The molecule has 0 spiro atoms. The van der Waals surface area contributed by atoms with E-state index in [2.05, 4.69) is 25.1 Å². The minimum absolute atomic E-state index is 0.0302. The number of aromatic nitrogens is 5. The maximum atomic E-state index is 5.61. The monoisotopic (exact) mass is 286 g/mol. The second kappa shape index (κ2) is 5.07. The lowest BCUT2D eigenvalue weighted by molar-refractivity contribution is 0.0913.